The van der Waals surface area contributed by atoms with Crippen molar-refractivity contribution in [1.29, 1.82) is 0 Å². The first kappa shape index (κ1) is 48.2. The van der Waals surface area contributed by atoms with Crippen molar-refractivity contribution in [2.45, 2.75) is 158 Å². The van der Waals surface area contributed by atoms with E-state index < -0.39 is 54.9 Å². The van der Waals surface area contributed by atoms with Crippen molar-refractivity contribution in [3.8, 4) is 0 Å². The maximum atomic E-state index is 14.7. The first-order valence-electron chi connectivity index (χ1n) is 21.1. The van der Waals surface area contributed by atoms with Crippen LogP contribution in [0.5, 0.6) is 0 Å². The summed E-state index contributed by atoms with van der Waals surface area (Å²) in [6.07, 6.45) is 23.8. The average molecular weight is 773 g/mol. The Bertz CT molecular complexity index is 1120. The number of carboxylic acids is 2. The van der Waals surface area contributed by atoms with Gasteiger partial charge in [0.15, 0.2) is 0 Å². The molecule has 304 valence electrons. The van der Waals surface area contributed by atoms with Gasteiger partial charge in [-0.3, -0.25) is 0 Å². The molecule has 0 saturated heterocycles. The van der Waals surface area contributed by atoms with E-state index in [1.165, 1.54) is 6.08 Å². The molecule has 2 unspecified atom stereocenters. The van der Waals surface area contributed by atoms with E-state index in [0.717, 1.165) is 158 Å². The van der Waals surface area contributed by atoms with Crippen molar-refractivity contribution in [1.82, 2.24) is 0 Å². The summed E-state index contributed by atoms with van der Waals surface area (Å²) in [6, 6.07) is 0. The first-order valence-corrected chi connectivity index (χ1v) is 26.9. The Balaban J connectivity index is 4.04. The third kappa shape index (κ3) is 13.2. The number of unbranched alkanes of at least 4 members (excludes halogenated alkanes) is 8. The second kappa shape index (κ2) is 23.2. The van der Waals surface area contributed by atoms with Crippen LogP contribution in [-0.4, -0.2) is 83.4 Å². The molecule has 0 aromatic rings. The molecule has 0 saturated carbocycles. The summed E-state index contributed by atoms with van der Waals surface area (Å²) in [5, 5.41) is 20.9. The Morgan fingerprint density at radius 1 is 0.481 bits per heavy atom. The summed E-state index contributed by atoms with van der Waals surface area (Å²) >= 11 is 0. The standard InChI is InChI=1S/C42H78O8P2/c1-9-17-25-51(26-18-10-2,27-19-11-3,28-20-12-4)49-41(47)37-34-38(36(40(45)46)33-35(37)39(43)44)42(48)50-52(29-21-13-5,30-22-14-6,31-23-15-7)32-24-16-8/h33-35,37H,9-32H2,1-8H3,(H,43,44)(H,45,46). The van der Waals surface area contributed by atoms with Crippen molar-refractivity contribution < 1.29 is 38.4 Å². The van der Waals surface area contributed by atoms with Gasteiger partial charge in [0.05, 0.1) is 0 Å². The second-order valence-electron chi connectivity index (χ2n) is 16.0. The predicted octanol–water partition coefficient (Wildman–Crippen LogP) is 11.7. The normalized spacial score (nSPS) is 17.9. The molecule has 2 N–H and O–H groups in total. The molecule has 0 radical (unpaired) electrons. The topological polar surface area (TPSA) is 127 Å². The molecule has 0 heterocycles. The summed E-state index contributed by atoms with van der Waals surface area (Å²) < 4.78 is 13.9. The van der Waals surface area contributed by atoms with Crippen molar-refractivity contribution in [2.24, 2.45) is 11.8 Å². The van der Waals surface area contributed by atoms with Crippen LogP contribution in [0.15, 0.2) is 23.3 Å². The van der Waals surface area contributed by atoms with E-state index in [0.29, 0.717) is 0 Å². The van der Waals surface area contributed by atoms with Gasteiger partial charge in [-0.05, 0) is 0 Å². The average Bonchev–Trinajstić information content (AvgIpc) is 3.14. The van der Waals surface area contributed by atoms with Gasteiger partial charge in [-0.15, -0.1) is 0 Å². The van der Waals surface area contributed by atoms with Crippen LogP contribution in [0.1, 0.15) is 158 Å². The van der Waals surface area contributed by atoms with Gasteiger partial charge in [-0.1, -0.05) is 0 Å². The van der Waals surface area contributed by atoms with E-state index in [1.54, 1.807) is 0 Å². The van der Waals surface area contributed by atoms with Gasteiger partial charge in [-0.2, -0.15) is 0 Å². The Morgan fingerprint density at radius 2 is 0.769 bits per heavy atom. The Kier molecular flexibility index (Phi) is 21.5. The van der Waals surface area contributed by atoms with Gasteiger partial charge >= 0.3 is 319 Å². The third-order valence-electron chi connectivity index (χ3n) is 11.7. The Morgan fingerprint density at radius 3 is 1.04 bits per heavy atom. The van der Waals surface area contributed by atoms with Crippen LogP contribution in [0.2, 0.25) is 0 Å². The molecule has 0 aromatic heterocycles. The van der Waals surface area contributed by atoms with Crippen molar-refractivity contribution in [2.75, 3.05) is 49.3 Å². The van der Waals surface area contributed by atoms with E-state index >= 15 is 0 Å². The number of hydrogen-bond donors (Lipinski definition) is 2. The molecule has 0 bridgehead atoms. The SMILES string of the molecule is CCCCP(CCCC)(CCCC)(CCCC)OC(=O)C1=CC(C(=O)OP(CCCC)(CCCC)(CCCC)CCCC)C(C(=O)O)C=C1C(=O)O. The zero-order chi connectivity index (χ0) is 39.3. The molecule has 10 heteroatoms. The third-order valence-corrected chi connectivity index (χ3v) is 24.6. The fraction of sp³-hybridized carbons (Fsp3) is 0.810. The molecule has 0 aliphatic heterocycles. The summed E-state index contributed by atoms with van der Waals surface area (Å²) in [4.78, 5) is 55.0. The number of hydrogen-bond acceptors (Lipinski definition) is 6. The van der Waals surface area contributed by atoms with E-state index in [9.17, 15) is 29.4 Å². The number of carboxylic acid groups (broad SMARTS) is 2. The summed E-state index contributed by atoms with van der Waals surface area (Å²) in [7, 11) is 0. The molecule has 8 nitrogen and oxygen atoms in total. The number of rotatable bonds is 30. The summed E-state index contributed by atoms with van der Waals surface area (Å²) in [5.41, 5.74) is -0.604. The summed E-state index contributed by atoms with van der Waals surface area (Å²) in [5.74, 6) is -6.88. The first-order chi connectivity index (χ1) is 24.7. The van der Waals surface area contributed by atoms with Crippen LogP contribution >= 0.6 is 13.7 Å². The van der Waals surface area contributed by atoms with E-state index in [4.69, 9.17) is 9.05 Å². The molecular formula is C42H78O8P2. The number of carbonyl (C=O) groups is 4. The van der Waals surface area contributed by atoms with E-state index in [-0.39, 0.29) is 5.57 Å². The fourth-order valence-corrected chi connectivity index (χ4v) is 21.9. The molecule has 0 aromatic carbocycles. The van der Waals surface area contributed by atoms with Crippen LogP contribution in [0.4, 0.5) is 0 Å². The molecule has 0 spiro atoms. The second-order valence-corrected chi connectivity index (χ2v) is 27.4. The van der Waals surface area contributed by atoms with Crippen molar-refractivity contribution in [3.05, 3.63) is 23.3 Å². The molecule has 1 rings (SSSR count). The molecule has 1 aliphatic carbocycles. The summed E-state index contributed by atoms with van der Waals surface area (Å²) in [6.45, 7) is 10.8. The molecule has 2 atom stereocenters. The zero-order valence-electron chi connectivity index (χ0n) is 34.5. The van der Waals surface area contributed by atoms with Gasteiger partial charge in [-0.25, -0.2) is 0 Å². The Hall–Kier alpha value is -1.78. The van der Waals surface area contributed by atoms with E-state index in [2.05, 4.69) is 55.4 Å². The fourth-order valence-electron chi connectivity index (χ4n) is 8.32. The molecule has 1 aliphatic rings. The Labute approximate surface area is 317 Å². The van der Waals surface area contributed by atoms with Crippen LogP contribution in [0.25, 0.3) is 0 Å². The van der Waals surface area contributed by atoms with Crippen LogP contribution in [-0.2, 0) is 28.2 Å². The molecule has 0 amide bonds. The number of aliphatic carboxylic acids is 2. The monoisotopic (exact) mass is 773 g/mol. The van der Waals surface area contributed by atoms with Crippen LogP contribution < -0.4 is 0 Å². The van der Waals surface area contributed by atoms with Gasteiger partial charge in [0.1, 0.15) is 0 Å². The quantitative estimate of drug-likeness (QED) is 0.0691. The van der Waals surface area contributed by atoms with Gasteiger partial charge in [0.2, 0.25) is 0 Å². The van der Waals surface area contributed by atoms with Crippen molar-refractivity contribution >= 4 is 37.5 Å². The van der Waals surface area contributed by atoms with Gasteiger partial charge < -0.3 is 0 Å². The molecule has 0 fully saturated rings. The van der Waals surface area contributed by atoms with Gasteiger partial charge in [0, 0.05) is 0 Å². The number of carbonyl (C=O) groups excluding carboxylic acids is 2. The molecule has 52 heavy (non-hydrogen) atoms. The van der Waals surface area contributed by atoms with Crippen LogP contribution in [0.3, 0.4) is 0 Å². The zero-order valence-corrected chi connectivity index (χ0v) is 36.3. The predicted molar refractivity (Wildman–Crippen MR) is 223 cm³/mol. The van der Waals surface area contributed by atoms with Crippen molar-refractivity contribution in [3.63, 3.8) is 0 Å². The van der Waals surface area contributed by atoms with Gasteiger partial charge in [0.25, 0.3) is 0 Å². The molecular weight excluding hydrogens is 694 g/mol. The maximum absolute atomic E-state index is 14.7. The van der Waals surface area contributed by atoms with Crippen LogP contribution in [0, 0.1) is 11.8 Å². The minimum absolute atomic E-state index is 0.202. The van der Waals surface area contributed by atoms with E-state index in [1.807, 2.05) is 0 Å². The minimum atomic E-state index is -3.19.